The third-order valence-corrected chi connectivity index (χ3v) is 9.85. The Kier molecular flexibility index (Phi) is 6.90. The summed E-state index contributed by atoms with van der Waals surface area (Å²) in [6.07, 6.45) is 0.743. The van der Waals surface area contributed by atoms with Gasteiger partial charge in [0, 0.05) is 0 Å². The van der Waals surface area contributed by atoms with Gasteiger partial charge in [-0.15, -0.1) is 0 Å². The number of para-hydroxylation sites is 2. The van der Waals surface area contributed by atoms with E-state index in [1.54, 1.807) is 6.07 Å². The second kappa shape index (κ2) is 8.76. The molecule has 0 heterocycles. The van der Waals surface area contributed by atoms with Crippen LogP contribution in [0, 0.1) is 0 Å². The molecule has 0 radical (unpaired) electrons. The first-order chi connectivity index (χ1) is 12.6. The first-order valence-corrected chi connectivity index (χ1v) is 12.4. The van der Waals surface area contributed by atoms with Crippen LogP contribution in [-0.2, 0) is 4.43 Å². The van der Waals surface area contributed by atoms with Crippen molar-refractivity contribution in [3.8, 4) is 5.75 Å². The molecule has 3 nitrogen and oxygen atoms in total. The molecule has 0 spiro atoms. The lowest BCUT2D eigenvalue weighted by molar-refractivity contribution is 0.314. The summed E-state index contributed by atoms with van der Waals surface area (Å²) in [7, 11) is -1.80. The van der Waals surface area contributed by atoms with Gasteiger partial charge in [0.25, 0.3) is 0 Å². The van der Waals surface area contributed by atoms with E-state index in [0.717, 1.165) is 23.2 Å². The fourth-order valence-electron chi connectivity index (χ4n) is 2.57. The summed E-state index contributed by atoms with van der Waals surface area (Å²) in [5.74, 6) is 0.251. The lowest BCUT2D eigenvalue weighted by Crippen LogP contribution is -2.41. The summed E-state index contributed by atoms with van der Waals surface area (Å²) in [6, 6.07) is 17.6. The Bertz CT molecular complexity index is 750. The molecule has 27 heavy (non-hydrogen) atoms. The fraction of sp³-hybridized carbons (Fsp3) is 0.391. The molecule has 1 atom stereocenters. The van der Waals surface area contributed by atoms with Crippen LogP contribution in [0.4, 0.5) is 5.69 Å². The zero-order valence-electron chi connectivity index (χ0n) is 17.3. The van der Waals surface area contributed by atoms with Crippen LogP contribution >= 0.6 is 0 Å². The minimum atomic E-state index is -1.80. The first kappa shape index (κ1) is 21.3. The molecule has 0 saturated carbocycles. The summed E-state index contributed by atoms with van der Waals surface area (Å²) >= 11 is 0. The van der Waals surface area contributed by atoms with Crippen molar-refractivity contribution < 1.29 is 9.53 Å². The van der Waals surface area contributed by atoms with E-state index in [1.165, 1.54) is 0 Å². The third-order valence-electron chi connectivity index (χ3n) is 5.37. The van der Waals surface area contributed by atoms with Crippen molar-refractivity contribution in [3.05, 3.63) is 72.3 Å². The smallest absolute Gasteiger partial charge is 0.192 e. The largest absolute Gasteiger partial charge is 0.506 e. The zero-order valence-corrected chi connectivity index (χ0v) is 18.3. The van der Waals surface area contributed by atoms with Crippen molar-refractivity contribution in [1.82, 2.24) is 0 Å². The Morgan fingerprint density at radius 3 is 2.26 bits per heavy atom. The number of rotatable bonds is 8. The van der Waals surface area contributed by atoms with Crippen molar-refractivity contribution in [3.63, 3.8) is 0 Å². The second-order valence-electron chi connectivity index (χ2n) is 8.63. The Hall–Kier alpha value is -2.04. The molecular weight excluding hydrogens is 350 g/mol. The van der Waals surface area contributed by atoms with Crippen LogP contribution < -0.4 is 5.32 Å². The van der Waals surface area contributed by atoms with Crippen molar-refractivity contribution in [1.29, 1.82) is 0 Å². The molecule has 0 aliphatic carbocycles. The molecule has 4 heteroatoms. The SMILES string of the molecule is C=C(CO[Si](C)(C)C(C)(C)C)C[C@H](Nc1ccccc1O)c1ccccc1. The Labute approximate surface area is 165 Å². The van der Waals surface area contributed by atoms with E-state index in [9.17, 15) is 5.11 Å². The molecule has 2 aromatic carbocycles. The van der Waals surface area contributed by atoms with Gasteiger partial charge in [-0.3, -0.25) is 0 Å². The van der Waals surface area contributed by atoms with E-state index >= 15 is 0 Å². The van der Waals surface area contributed by atoms with Crippen molar-refractivity contribution >= 4 is 14.0 Å². The number of hydrogen-bond acceptors (Lipinski definition) is 3. The van der Waals surface area contributed by atoms with E-state index in [0.29, 0.717) is 6.61 Å². The number of phenolic OH excluding ortho intramolecular Hbond substituents is 1. The Morgan fingerprint density at radius 1 is 1.07 bits per heavy atom. The number of anilines is 1. The zero-order chi connectivity index (χ0) is 20.1. The van der Waals surface area contributed by atoms with Crippen LogP contribution in [0.1, 0.15) is 38.8 Å². The van der Waals surface area contributed by atoms with Crippen LogP contribution in [0.5, 0.6) is 5.75 Å². The van der Waals surface area contributed by atoms with Gasteiger partial charge >= 0.3 is 0 Å². The molecule has 0 aromatic heterocycles. The van der Waals surface area contributed by atoms with E-state index in [2.05, 4.69) is 57.9 Å². The van der Waals surface area contributed by atoms with Gasteiger partial charge in [0.1, 0.15) is 5.75 Å². The molecule has 146 valence electrons. The van der Waals surface area contributed by atoms with Crippen LogP contribution in [0.25, 0.3) is 0 Å². The summed E-state index contributed by atoms with van der Waals surface area (Å²) in [5, 5.41) is 13.8. The highest BCUT2D eigenvalue weighted by molar-refractivity contribution is 6.74. The van der Waals surface area contributed by atoms with E-state index in [-0.39, 0.29) is 16.8 Å². The Balaban J connectivity index is 2.11. The van der Waals surface area contributed by atoms with Gasteiger partial charge in [-0.05, 0) is 42.2 Å². The van der Waals surface area contributed by atoms with Gasteiger partial charge in [-0.25, -0.2) is 0 Å². The predicted molar refractivity (Wildman–Crippen MR) is 118 cm³/mol. The summed E-state index contributed by atoms with van der Waals surface area (Å²) in [4.78, 5) is 0. The molecule has 0 amide bonds. The van der Waals surface area contributed by atoms with Crippen LogP contribution in [0.15, 0.2) is 66.7 Å². The lowest BCUT2D eigenvalue weighted by atomic mass is 9.99. The van der Waals surface area contributed by atoms with Crippen LogP contribution in [0.2, 0.25) is 18.1 Å². The molecule has 2 aromatic rings. The quantitative estimate of drug-likeness (QED) is 0.310. The van der Waals surface area contributed by atoms with E-state index < -0.39 is 8.32 Å². The molecular formula is C23H33NO2Si. The average molecular weight is 384 g/mol. The maximum absolute atomic E-state index is 10.1. The van der Waals surface area contributed by atoms with Gasteiger partial charge in [0.2, 0.25) is 0 Å². The maximum Gasteiger partial charge on any atom is 0.192 e. The van der Waals surface area contributed by atoms with Gasteiger partial charge in [0.15, 0.2) is 8.32 Å². The minimum Gasteiger partial charge on any atom is -0.506 e. The highest BCUT2D eigenvalue weighted by Gasteiger charge is 2.37. The molecule has 2 rings (SSSR count). The summed E-state index contributed by atoms with van der Waals surface area (Å²) < 4.78 is 6.33. The molecule has 0 unspecified atom stereocenters. The number of hydrogen-bond donors (Lipinski definition) is 2. The monoisotopic (exact) mass is 383 g/mol. The maximum atomic E-state index is 10.1. The topological polar surface area (TPSA) is 41.5 Å². The Morgan fingerprint density at radius 2 is 1.67 bits per heavy atom. The molecule has 0 saturated heterocycles. The van der Waals surface area contributed by atoms with Crippen molar-refractivity contribution in [2.45, 2.75) is 51.4 Å². The minimum absolute atomic E-state index is 0.0232. The third kappa shape index (κ3) is 5.98. The number of nitrogens with one attached hydrogen (secondary N) is 1. The van der Waals surface area contributed by atoms with Gasteiger partial charge in [-0.2, -0.15) is 0 Å². The lowest BCUT2D eigenvalue weighted by Gasteiger charge is -2.36. The number of aromatic hydroxyl groups is 1. The van der Waals surface area contributed by atoms with Crippen LogP contribution in [-0.4, -0.2) is 20.0 Å². The van der Waals surface area contributed by atoms with Gasteiger partial charge in [-0.1, -0.05) is 75.4 Å². The highest BCUT2D eigenvalue weighted by atomic mass is 28.4. The average Bonchev–Trinajstić information content (AvgIpc) is 2.61. The molecule has 0 bridgehead atoms. The second-order valence-corrected chi connectivity index (χ2v) is 13.4. The summed E-state index contributed by atoms with van der Waals surface area (Å²) in [5.41, 5.74) is 2.94. The molecule has 0 aliphatic heterocycles. The van der Waals surface area contributed by atoms with Gasteiger partial charge in [0.05, 0.1) is 18.3 Å². The first-order valence-electron chi connectivity index (χ1n) is 9.50. The molecule has 2 N–H and O–H groups in total. The normalized spacial score (nSPS) is 13.2. The van der Waals surface area contributed by atoms with Crippen molar-refractivity contribution in [2.75, 3.05) is 11.9 Å². The van der Waals surface area contributed by atoms with E-state index in [4.69, 9.17) is 4.43 Å². The predicted octanol–water partition coefficient (Wildman–Crippen LogP) is 6.51. The van der Waals surface area contributed by atoms with E-state index in [1.807, 2.05) is 36.4 Å². The highest BCUT2D eigenvalue weighted by Crippen LogP contribution is 2.37. The summed E-state index contributed by atoms with van der Waals surface area (Å²) in [6.45, 7) is 16.1. The standard InChI is InChI=1S/C23H33NO2Si/c1-18(17-26-27(5,6)23(2,3)4)16-21(19-12-8-7-9-13-19)24-20-14-10-11-15-22(20)25/h7-15,21,24-25H,1,16-17H2,2-6H3/t21-/m0/s1. The van der Waals surface area contributed by atoms with Gasteiger partial charge < -0.3 is 14.8 Å². The fourth-order valence-corrected chi connectivity index (χ4v) is 3.57. The molecule has 0 aliphatic rings. The number of phenols is 1. The van der Waals surface area contributed by atoms with Crippen LogP contribution in [0.3, 0.4) is 0 Å². The number of benzene rings is 2. The molecule has 0 fully saturated rings. The van der Waals surface area contributed by atoms with Crippen molar-refractivity contribution in [2.24, 2.45) is 0 Å².